The largest absolute Gasteiger partial charge is 0.338 e. The van der Waals surface area contributed by atoms with Crippen LogP contribution in [0.3, 0.4) is 0 Å². The van der Waals surface area contributed by atoms with Gasteiger partial charge in [-0.3, -0.25) is 9.78 Å². The first-order valence-corrected chi connectivity index (χ1v) is 5.74. The Kier molecular flexibility index (Phi) is 3.68. The van der Waals surface area contributed by atoms with E-state index >= 15 is 0 Å². The van der Waals surface area contributed by atoms with E-state index < -0.39 is 12.2 Å². The summed E-state index contributed by atoms with van der Waals surface area (Å²) in [6, 6.07) is 3.08. The number of hydrogen-bond acceptors (Lipinski definition) is 3. The summed E-state index contributed by atoms with van der Waals surface area (Å²) in [5.74, 6) is -0.172. The summed E-state index contributed by atoms with van der Waals surface area (Å²) in [4.78, 5) is 17.4. The fraction of sp³-hybridized carbons (Fsp3) is 0.500. The van der Waals surface area contributed by atoms with Gasteiger partial charge >= 0.3 is 0 Å². The van der Waals surface area contributed by atoms with Crippen molar-refractivity contribution in [1.82, 2.24) is 9.88 Å². The molecule has 1 aliphatic heterocycles. The Morgan fingerprint density at radius 3 is 3.12 bits per heavy atom. The van der Waals surface area contributed by atoms with E-state index in [1.165, 1.54) is 4.90 Å². The number of aromatic nitrogens is 1. The Morgan fingerprint density at radius 1 is 1.71 bits per heavy atom. The Balaban J connectivity index is 1.92. The number of halogens is 1. The first-order valence-electron chi connectivity index (χ1n) is 5.74. The zero-order chi connectivity index (χ0) is 12.3. The molecule has 1 fully saturated rings. The molecule has 1 amide bonds. The van der Waals surface area contributed by atoms with Crippen LogP contribution in [0.5, 0.6) is 0 Å². The van der Waals surface area contributed by atoms with Crippen LogP contribution in [0.4, 0.5) is 4.39 Å². The molecule has 2 atom stereocenters. The van der Waals surface area contributed by atoms with E-state index in [1.807, 2.05) is 6.07 Å². The summed E-state index contributed by atoms with van der Waals surface area (Å²) >= 11 is 0. The number of alkyl halides is 1. The van der Waals surface area contributed by atoms with Gasteiger partial charge in [0.15, 0.2) is 0 Å². The molecule has 0 radical (unpaired) electrons. The molecule has 2 rings (SSSR count). The molecule has 0 spiro atoms. The van der Waals surface area contributed by atoms with Crippen molar-refractivity contribution >= 4 is 5.91 Å². The van der Waals surface area contributed by atoms with E-state index in [0.29, 0.717) is 19.4 Å². The third-order valence-electron chi connectivity index (χ3n) is 2.94. The molecule has 5 heteroatoms. The molecule has 92 valence electrons. The highest BCUT2D eigenvalue weighted by Crippen LogP contribution is 2.14. The predicted octanol–water partition coefficient (Wildman–Crippen LogP) is 0.522. The average molecular weight is 237 g/mol. The molecule has 0 unspecified atom stereocenters. The first kappa shape index (κ1) is 12.0. The normalized spacial score (nSPS) is 21.5. The van der Waals surface area contributed by atoms with Gasteiger partial charge in [0.2, 0.25) is 5.91 Å². The number of carbonyl (C=O) groups is 1. The molecule has 1 aromatic rings. The van der Waals surface area contributed by atoms with Crippen LogP contribution in [-0.4, -0.2) is 41.1 Å². The van der Waals surface area contributed by atoms with E-state index in [0.717, 1.165) is 5.56 Å². The lowest BCUT2D eigenvalue weighted by atomic mass is 10.1. The maximum Gasteiger partial charge on any atom is 0.239 e. The molecule has 17 heavy (non-hydrogen) atoms. The fourth-order valence-corrected chi connectivity index (χ4v) is 2.01. The number of amides is 1. The van der Waals surface area contributed by atoms with Gasteiger partial charge in [0.1, 0.15) is 6.17 Å². The molecular weight excluding hydrogens is 221 g/mol. The third-order valence-corrected chi connectivity index (χ3v) is 2.94. The zero-order valence-corrected chi connectivity index (χ0v) is 9.55. The van der Waals surface area contributed by atoms with Crippen molar-refractivity contribution in [2.45, 2.75) is 25.1 Å². The number of hydrogen-bond donors (Lipinski definition) is 1. The number of nitrogens with zero attached hydrogens (tertiary/aromatic N) is 2. The van der Waals surface area contributed by atoms with E-state index in [2.05, 4.69) is 4.98 Å². The minimum Gasteiger partial charge on any atom is -0.338 e. The molecule has 0 aliphatic carbocycles. The van der Waals surface area contributed by atoms with Crippen LogP contribution in [-0.2, 0) is 11.2 Å². The molecule has 2 heterocycles. The van der Waals surface area contributed by atoms with Crippen molar-refractivity contribution < 1.29 is 9.18 Å². The van der Waals surface area contributed by atoms with Crippen LogP contribution < -0.4 is 5.73 Å². The number of nitrogens with two attached hydrogens (primary N) is 1. The second kappa shape index (κ2) is 5.23. The van der Waals surface area contributed by atoms with Crippen LogP contribution in [0, 0.1) is 0 Å². The molecule has 1 aromatic heterocycles. The average Bonchev–Trinajstić information content (AvgIpc) is 2.76. The second-order valence-electron chi connectivity index (χ2n) is 4.34. The Bertz CT molecular complexity index is 385. The van der Waals surface area contributed by atoms with Gasteiger partial charge in [0, 0.05) is 18.9 Å². The Morgan fingerprint density at radius 2 is 2.53 bits per heavy atom. The van der Waals surface area contributed by atoms with Gasteiger partial charge in [-0.15, -0.1) is 0 Å². The van der Waals surface area contributed by atoms with E-state index in [1.54, 1.807) is 18.5 Å². The van der Waals surface area contributed by atoms with Gasteiger partial charge in [-0.1, -0.05) is 6.07 Å². The van der Waals surface area contributed by atoms with Crippen molar-refractivity contribution in [2.75, 3.05) is 13.1 Å². The standard InChI is InChI=1S/C12H16FN3O/c13-10-3-5-16(8-10)12(17)11(14)6-9-2-1-4-15-7-9/h1-2,4,7,10-11H,3,5-6,8,14H2/t10-,11+/m0/s1. The lowest BCUT2D eigenvalue weighted by Gasteiger charge is -2.20. The Hall–Kier alpha value is -1.49. The number of likely N-dealkylation sites (tertiary alicyclic amines) is 1. The maximum absolute atomic E-state index is 13.0. The lowest BCUT2D eigenvalue weighted by molar-refractivity contribution is -0.131. The number of rotatable bonds is 3. The Labute approximate surface area is 99.6 Å². The van der Waals surface area contributed by atoms with Crippen molar-refractivity contribution in [3.63, 3.8) is 0 Å². The van der Waals surface area contributed by atoms with Gasteiger partial charge in [-0.05, 0) is 24.5 Å². The second-order valence-corrected chi connectivity index (χ2v) is 4.34. The first-order chi connectivity index (χ1) is 8.16. The summed E-state index contributed by atoms with van der Waals surface area (Å²) in [5.41, 5.74) is 6.75. The minimum absolute atomic E-state index is 0.172. The molecule has 0 bridgehead atoms. The summed E-state index contributed by atoms with van der Waals surface area (Å²) in [7, 11) is 0. The molecule has 1 aliphatic rings. The van der Waals surface area contributed by atoms with Crippen LogP contribution in [0.25, 0.3) is 0 Å². The highest BCUT2D eigenvalue weighted by atomic mass is 19.1. The van der Waals surface area contributed by atoms with Crippen LogP contribution >= 0.6 is 0 Å². The van der Waals surface area contributed by atoms with Gasteiger partial charge < -0.3 is 10.6 Å². The minimum atomic E-state index is -0.899. The molecule has 0 saturated carbocycles. The van der Waals surface area contributed by atoms with Crippen molar-refractivity contribution in [3.8, 4) is 0 Å². The maximum atomic E-state index is 13.0. The monoisotopic (exact) mass is 237 g/mol. The summed E-state index contributed by atoms with van der Waals surface area (Å²) in [6.07, 6.45) is 3.33. The van der Waals surface area contributed by atoms with Gasteiger partial charge in [0.25, 0.3) is 0 Å². The van der Waals surface area contributed by atoms with E-state index in [4.69, 9.17) is 5.73 Å². The molecule has 1 saturated heterocycles. The highest BCUT2D eigenvalue weighted by Gasteiger charge is 2.29. The van der Waals surface area contributed by atoms with Crippen LogP contribution in [0.2, 0.25) is 0 Å². The molecule has 2 N–H and O–H groups in total. The van der Waals surface area contributed by atoms with E-state index in [9.17, 15) is 9.18 Å². The highest BCUT2D eigenvalue weighted by molar-refractivity contribution is 5.82. The van der Waals surface area contributed by atoms with Crippen molar-refractivity contribution in [1.29, 1.82) is 0 Å². The van der Waals surface area contributed by atoms with Gasteiger partial charge in [-0.25, -0.2) is 4.39 Å². The molecule has 4 nitrogen and oxygen atoms in total. The topological polar surface area (TPSA) is 59.2 Å². The molecular formula is C12H16FN3O. The fourth-order valence-electron chi connectivity index (χ4n) is 2.01. The summed E-state index contributed by atoms with van der Waals surface area (Å²) in [5, 5.41) is 0. The third kappa shape index (κ3) is 3.00. The summed E-state index contributed by atoms with van der Waals surface area (Å²) < 4.78 is 13.0. The van der Waals surface area contributed by atoms with Crippen LogP contribution in [0.15, 0.2) is 24.5 Å². The predicted molar refractivity (Wildman–Crippen MR) is 62.0 cm³/mol. The number of pyridine rings is 1. The lowest BCUT2D eigenvalue weighted by Crippen LogP contribution is -2.44. The van der Waals surface area contributed by atoms with Crippen molar-refractivity contribution in [3.05, 3.63) is 30.1 Å². The van der Waals surface area contributed by atoms with Gasteiger partial charge in [-0.2, -0.15) is 0 Å². The van der Waals surface area contributed by atoms with Crippen molar-refractivity contribution in [2.24, 2.45) is 5.73 Å². The van der Waals surface area contributed by atoms with Gasteiger partial charge in [0.05, 0.1) is 12.6 Å². The zero-order valence-electron chi connectivity index (χ0n) is 9.55. The SMILES string of the molecule is N[C@H](Cc1cccnc1)C(=O)N1CC[C@H](F)C1. The quantitative estimate of drug-likeness (QED) is 0.834. The van der Waals surface area contributed by atoms with Crippen LogP contribution in [0.1, 0.15) is 12.0 Å². The smallest absolute Gasteiger partial charge is 0.239 e. The van der Waals surface area contributed by atoms with E-state index in [-0.39, 0.29) is 12.5 Å². The number of carbonyl (C=O) groups excluding carboxylic acids is 1. The summed E-state index contributed by atoms with van der Waals surface area (Å²) in [6.45, 7) is 0.653. The molecule has 0 aromatic carbocycles.